The normalized spacial score (nSPS) is 5.38. The molecule has 0 amide bonds. The molecule has 0 aromatic carbocycles. The van der Waals surface area contributed by atoms with E-state index in [4.69, 9.17) is 5.41 Å². The van der Waals surface area contributed by atoms with Gasteiger partial charge in [0.25, 0.3) is 0 Å². The summed E-state index contributed by atoms with van der Waals surface area (Å²) in [5, 5.41) is 7.44. The van der Waals surface area contributed by atoms with E-state index in [9.17, 15) is 0 Å². The topological polar surface area (TPSA) is 22.3 Å². The maximum absolute atomic E-state index is 7.44. The smallest absolute Gasteiger partial charge is 0.814 e. The minimum atomic E-state index is 0. The summed E-state index contributed by atoms with van der Waals surface area (Å²) >= 11 is 0. The Morgan fingerprint density at radius 1 is 1.62 bits per heavy atom. The van der Waals surface area contributed by atoms with Gasteiger partial charge in [-0.2, -0.15) is 6.42 Å². The van der Waals surface area contributed by atoms with Crippen LogP contribution in [-0.4, -0.2) is 6.21 Å². The van der Waals surface area contributed by atoms with E-state index in [1.54, 1.807) is 6.92 Å². The second kappa shape index (κ2) is 25.2. The Hall–Kier alpha value is 0.722. The molecule has 1 nitrogen and oxygen atoms in total. The van der Waals surface area contributed by atoms with Crippen molar-refractivity contribution in [1.82, 2.24) is 0 Å². The van der Waals surface area contributed by atoms with Crippen molar-refractivity contribution < 1.29 is 31.1 Å². The predicted octanol–water partition coefficient (Wildman–Crippen LogP) is 2.27. The van der Waals surface area contributed by atoms with Gasteiger partial charge in [-0.05, 0) is 0 Å². The molecule has 0 spiro atoms. The van der Waals surface area contributed by atoms with Crippen LogP contribution in [0.15, 0.2) is 0 Å². The van der Waals surface area contributed by atoms with Crippen molar-refractivity contribution in [2.24, 2.45) is 0 Å². The summed E-state index contributed by atoms with van der Waals surface area (Å²) in [5.41, 5.74) is 0. The zero-order valence-corrected chi connectivity index (χ0v) is 9.81. The molecule has 2 heteroatoms. The summed E-state index contributed by atoms with van der Waals surface area (Å²) in [5.74, 6) is 0. The van der Waals surface area contributed by atoms with Crippen molar-refractivity contribution in [2.45, 2.75) is 26.7 Å². The summed E-state index contributed by atoms with van der Waals surface area (Å²) in [6, 6.07) is 0. The van der Waals surface area contributed by atoms with Crippen molar-refractivity contribution in [1.29, 1.82) is 0 Å². The molecule has 0 N–H and O–H groups in total. The molecule has 0 atom stereocenters. The van der Waals surface area contributed by atoms with E-state index in [0.717, 1.165) is 12.6 Å². The number of rotatable bonds is 1. The number of hydrogen-bond donors (Lipinski definition) is 0. The fourth-order valence-corrected chi connectivity index (χ4v) is 0. The van der Waals surface area contributed by atoms with Gasteiger partial charge < -0.3 is 12.3 Å². The number of hydrogen-bond acceptors (Lipinski definition) is 0. The van der Waals surface area contributed by atoms with Crippen molar-refractivity contribution in [2.75, 3.05) is 0 Å². The molecule has 0 unspecified atom stereocenters. The van der Waals surface area contributed by atoms with Crippen LogP contribution in [0.5, 0.6) is 0 Å². The minimum Gasteiger partial charge on any atom is -0.814 e. The molecule has 0 fully saturated rings. The molecule has 0 aliphatic carbocycles. The molecule has 0 radical (unpaired) electrons. The zero-order chi connectivity index (χ0) is 6.12. The van der Waals surface area contributed by atoms with E-state index < -0.39 is 0 Å². The van der Waals surface area contributed by atoms with Gasteiger partial charge in [0.1, 0.15) is 0 Å². The fraction of sp³-hybridized carbons (Fsp3) is 0.667. The second-order valence-electron chi connectivity index (χ2n) is 1.11. The average molecular weight is 337 g/mol. The molecule has 0 heterocycles. The molecule has 0 saturated heterocycles. The SMILES string of the molecule is CC=[N-].[CH2-]CCC.[U+2]. The van der Waals surface area contributed by atoms with Crippen molar-refractivity contribution in [3.63, 3.8) is 0 Å². The van der Waals surface area contributed by atoms with Crippen LogP contribution in [0.25, 0.3) is 5.41 Å². The van der Waals surface area contributed by atoms with Gasteiger partial charge in [-0.15, -0.1) is 0 Å². The van der Waals surface area contributed by atoms with Crippen molar-refractivity contribution in [3.05, 3.63) is 12.3 Å². The van der Waals surface area contributed by atoms with E-state index in [2.05, 4.69) is 13.8 Å². The number of unbranched alkanes of at least 4 members (excludes halogenated alkanes) is 1. The van der Waals surface area contributed by atoms with Crippen LogP contribution in [-0.2, 0) is 0 Å². The van der Waals surface area contributed by atoms with Crippen LogP contribution >= 0.6 is 0 Å². The van der Waals surface area contributed by atoms with Gasteiger partial charge in [-0.3, -0.25) is 0 Å². The third-order valence-corrected chi connectivity index (χ3v) is 0.354. The third-order valence-electron chi connectivity index (χ3n) is 0.354. The summed E-state index contributed by atoms with van der Waals surface area (Å²) in [4.78, 5) is 0. The Balaban J connectivity index is -0.0000000575. The molecular weight excluding hydrogens is 324 g/mol. The van der Waals surface area contributed by atoms with E-state index in [1.807, 2.05) is 0 Å². The van der Waals surface area contributed by atoms with Crippen LogP contribution in [0.2, 0.25) is 0 Å². The zero-order valence-electron chi connectivity index (χ0n) is 5.65. The average Bonchev–Trinajstić information content (AvgIpc) is 1.69. The van der Waals surface area contributed by atoms with Gasteiger partial charge in [0.05, 0.1) is 0 Å². The Labute approximate surface area is 76.1 Å². The molecule has 8 heavy (non-hydrogen) atoms. The summed E-state index contributed by atoms with van der Waals surface area (Å²) < 4.78 is 0. The predicted molar refractivity (Wildman–Crippen MR) is 35.4 cm³/mol. The fourth-order valence-electron chi connectivity index (χ4n) is 0. The van der Waals surface area contributed by atoms with Gasteiger partial charge in [0, 0.05) is 0 Å². The number of nitrogens with zero attached hydrogens (tertiary/aromatic N) is 1. The summed E-state index contributed by atoms with van der Waals surface area (Å²) in [7, 11) is 0. The largest absolute Gasteiger partial charge is 2.00 e. The maximum Gasteiger partial charge on any atom is 2.00 e. The molecule has 0 bridgehead atoms. The van der Waals surface area contributed by atoms with Crippen LogP contribution in [0.4, 0.5) is 0 Å². The first-order valence-electron chi connectivity index (χ1n) is 2.54. The van der Waals surface area contributed by atoms with Gasteiger partial charge in [-0.25, -0.2) is 6.21 Å². The van der Waals surface area contributed by atoms with E-state index >= 15 is 0 Å². The molecule has 0 saturated carbocycles. The first-order chi connectivity index (χ1) is 3.33. The van der Waals surface area contributed by atoms with E-state index in [-0.39, 0.29) is 31.1 Å². The molecule has 0 aromatic heterocycles. The molecule has 0 aliphatic heterocycles. The standard InChI is InChI=1S/C4H9.C2H4N.U/c1-3-4-2;1-2-3;/h1,3-4H2,2H3;2H,1H3;/q2*-1;+2. The van der Waals surface area contributed by atoms with Gasteiger partial charge in [0.2, 0.25) is 0 Å². The molecule has 0 aliphatic rings. The summed E-state index contributed by atoms with van der Waals surface area (Å²) in [6.45, 7) is 7.28. The monoisotopic (exact) mass is 337 g/mol. The first kappa shape index (κ1) is 15.9. The Morgan fingerprint density at radius 3 is 1.75 bits per heavy atom. The van der Waals surface area contributed by atoms with Crippen LogP contribution in [0.3, 0.4) is 0 Å². The minimum absolute atomic E-state index is 0. The van der Waals surface area contributed by atoms with E-state index in [0.29, 0.717) is 0 Å². The third kappa shape index (κ3) is 74.2. The first-order valence-corrected chi connectivity index (χ1v) is 2.54. The Bertz CT molecular complexity index is 27.7. The van der Waals surface area contributed by atoms with Gasteiger partial charge in [-0.1, -0.05) is 20.3 Å². The molecular formula is C6H13NU. The van der Waals surface area contributed by atoms with Gasteiger partial charge in [0.15, 0.2) is 0 Å². The molecule has 46 valence electrons. The summed E-state index contributed by atoms with van der Waals surface area (Å²) in [6.07, 6.45) is 3.28. The van der Waals surface area contributed by atoms with Crippen LogP contribution in [0, 0.1) is 38.0 Å². The van der Waals surface area contributed by atoms with E-state index in [1.165, 1.54) is 6.42 Å². The van der Waals surface area contributed by atoms with Crippen LogP contribution < -0.4 is 0 Å². The Morgan fingerprint density at radius 2 is 1.75 bits per heavy atom. The molecule has 0 rings (SSSR count). The molecule has 0 aromatic rings. The van der Waals surface area contributed by atoms with Crippen LogP contribution in [0.1, 0.15) is 26.7 Å². The van der Waals surface area contributed by atoms with Gasteiger partial charge >= 0.3 is 31.1 Å². The maximum atomic E-state index is 7.44. The quantitative estimate of drug-likeness (QED) is 0.517. The van der Waals surface area contributed by atoms with Crippen molar-refractivity contribution in [3.8, 4) is 0 Å². The Kier molecular flexibility index (Phi) is 50.0. The second-order valence-corrected chi connectivity index (χ2v) is 1.11. The van der Waals surface area contributed by atoms with Crippen molar-refractivity contribution >= 4 is 6.21 Å².